The molecule has 8 nitrogen and oxygen atoms in total. The molecule has 8 heteroatoms. The maximum absolute atomic E-state index is 14.4. The molecular formula is C37H34N4O4. The Morgan fingerprint density at radius 2 is 1.64 bits per heavy atom. The first-order valence-corrected chi connectivity index (χ1v) is 15.3. The van der Waals surface area contributed by atoms with Crippen molar-refractivity contribution in [3.8, 4) is 5.75 Å². The number of hydrogen-bond acceptors (Lipinski definition) is 4. The van der Waals surface area contributed by atoms with E-state index in [0.29, 0.717) is 12.2 Å². The Hall–Kier alpha value is -5.37. The molecule has 1 fully saturated rings. The molecule has 0 unspecified atom stereocenters. The molecule has 3 heterocycles. The van der Waals surface area contributed by atoms with Crippen LogP contribution in [0, 0.1) is 0 Å². The fourth-order valence-electron chi connectivity index (χ4n) is 6.69. The molecule has 0 spiro atoms. The van der Waals surface area contributed by atoms with Crippen molar-refractivity contribution < 1.29 is 19.1 Å². The summed E-state index contributed by atoms with van der Waals surface area (Å²) < 4.78 is 5.39. The smallest absolute Gasteiger partial charge is 0.332 e. The summed E-state index contributed by atoms with van der Waals surface area (Å²) in [6, 6.07) is 30.8. The van der Waals surface area contributed by atoms with Gasteiger partial charge in [-0.3, -0.25) is 14.5 Å². The lowest BCUT2D eigenvalue weighted by Gasteiger charge is -2.36. The zero-order valence-corrected chi connectivity index (χ0v) is 25.2. The van der Waals surface area contributed by atoms with Gasteiger partial charge in [-0.2, -0.15) is 0 Å². The number of nitrogens with zero attached hydrogens (tertiary/aromatic N) is 2. The van der Waals surface area contributed by atoms with E-state index in [-0.39, 0.29) is 29.1 Å². The summed E-state index contributed by atoms with van der Waals surface area (Å²) in [6.45, 7) is 1.97. The number of benzene rings is 4. The molecule has 4 amide bonds. The minimum atomic E-state index is -0.725. The second-order valence-corrected chi connectivity index (χ2v) is 11.7. The number of H-pyrrole nitrogens is 1. The standard InChI is InChI=1S/C37H34N4O4/c1-23(16-17-24-10-4-3-5-11-24)38-35(42)28-13-7-9-15-31(28)41-36(43)32-22-29-27-12-6-8-14-30(27)39-33(29)34(40(32)37(41)44)25-18-20-26(45-2)21-19-25/h3-15,18-21,23,32,34,39H,16-17,22H2,1-2H3,(H,38,42)/t23-,32-,34-/m0/s1. The molecule has 0 radical (unpaired) electrons. The number of methoxy groups -OCH3 is 1. The van der Waals surface area contributed by atoms with Gasteiger partial charge in [0, 0.05) is 29.1 Å². The number of fused-ring (bicyclic) bond motifs is 4. The molecule has 2 aliphatic rings. The van der Waals surface area contributed by atoms with Gasteiger partial charge >= 0.3 is 6.03 Å². The number of amides is 4. The minimum Gasteiger partial charge on any atom is -0.497 e. The number of carbonyl (C=O) groups excluding carboxylic acids is 3. The van der Waals surface area contributed by atoms with Crippen molar-refractivity contribution in [3.63, 3.8) is 0 Å². The second-order valence-electron chi connectivity index (χ2n) is 11.7. The van der Waals surface area contributed by atoms with E-state index < -0.39 is 18.1 Å². The number of para-hydroxylation sites is 2. The predicted molar refractivity (Wildman–Crippen MR) is 173 cm³/mol. The average molecular weight is 599 g/mol. The molecule has 0 bridgehead atoms. The van der Waals surface area contributed by atoms with Crippen molar-refractivity contribution >= 4 is 34.4 Å². The van der Waals surface area contributed by atoms with Gasteiger partial charge in [-0.15, -0.1) is 0 Å². The van der Waals surface area contributed by atoms with Crippen molar-refractivity contribution in [2.45, 2.75) is 44.3 Å². The first-order chi connectivity index (χ1) is 21.9. The van der Waals surface area contributed by atoms with Crippen LogP contribution in [0.25, 0.3) is 10.9 Å². The SMILES string of the molecule is COc1ccc([C@H]2c3[nH]c4ccccc4c3C[C@H]3C(=O)N(c4ccccc4C(=O)N[C@@H](C)CCc4ccccc4)C(=O)N23)cc1. The quantitative estimate of drug-likeness (QED) is 0.202. The largest absolute Gasteiger partial charge is 0.497 e. The lowest BCUT2D eigenvalue weighted by molar-refractivity contribution is -0.120. The summed E-state index contributed by atoms with van der Waals surface area (Å²) in [7, 11) is 1.61. The zero-order valence-electron chi connectivity index (χ0n) is 25.2. The number of carbonyl (C=O) groups is 3. The van der Waals surface area contributed by atoms with Crippen molar-refractivity contribution in [2.24, 2.45) is 0 Å². The number of imide groups is 1. The van der Waals surface area contributed by atoms with Gasteiger partial charge in [-0.05, 0) is 66.8 Å². The van der Waals surface area contributed by atoms with Gasteiger partial charge in [0.15, 0.2) is 0 Å². The Balaban J connectivity index is 1.22. The van der Waals surface area contributed by atoms with Crippen molar-refractivity contribution in [1.29, 1.82) is 0 Å². The van der Waals surface area contributed by atoms with Gasteiger partial charge in [0.25, 0.3) is 11.8 Å². The molecular weight excluding hydrogens is 564 g/mol. The molecule has 45 heavy (non-hydrogen) atoms. The lowest BCUT2D eigenvalue weighted by Crippen LogP contribution is -2.44. The highest BCUT2D eigenvalue weighted by Crippen LogP contribution is 2.45. The van der Waals surface area contributed by atoms with Gasteiger partial charge < -0.3 is 15.0 Å². The van der Waals surface area contributed by atoms with E-state index in [2.05, 4.69) is 22.4 Å². The van der Waals surface area contributed by atoms with E-state index in [1.54, 1.807) is 36.3 Å². The molecule has 1 aromatic heterocycles. The normalized spacial score (nSPS) is 18.1. The molecule has 5 aromatic rings. The molecule has 0 aliphatic carbocycles. The molecule has 0 saturated carbocycles. The fraction of sp³-hybridized carbons (Fsp3) is 0.216. The topological polar surface area (TPSA) is 94.7 Å². The molecule has 226 valence electrons. The Kier molecular flexibility index (Phi) is 7.33. The monoisotopic (exact) mass is 598 g/mol. The van der Waals surface area contributed by atoms with Crippen molar-refractivity contribution in [3.05, 3.63) is 131 Å². The summed E-state index contributed by atoms with van der Waals surface area (Å²) in [5, 5.41) is 4.12. The predicted octanol–water partition coefficient (Wildman–Crippen LogP) is 6.41. The number of anilines is 1. The third kappa shape index (κ3) is 5.02. The molecule has 1 saturated heterocycles. The summed E-state index contributed by atoms with van der Waals surface area (Å²) in [4.78, 5) is 48.7. The number of aryl methyl sites for hydroxylation is 1. The average Bonchev–Trinajstić information content (AvgIpc) is 3.57. The Bertz CT molecular complexity index is 1900. The first-order valence-electron chi connectivity index (χ1n) is 15.3. The lowest BCUT2D eigenvalue weighted by atomic mass is 9.89. The van der Waals surface area contributed by atoms with Crippen LogP contribution in [0.4, 0.5) is 10.5 Å². The van der Waals surface area contributed by atoms with E-state index >= 15 is 0 Å². The number of aromatic nitrogens is 1. The molecule has 2 N–H and O–H groups in total. The van der Waals surface area contributed by atoms with Crippen molar-refractivity contribution in [1.82, 2.24) is 15.2 Å². The van der Waals surface area contributed by atoms with Crippen LogP contribution in [0.2, 0.25) is 0 Å². The number of ether oxygens (including phenoxy) is 1. The van der Waals surface area contributed by atoms with Crippen LogP contribution >= 0.6 is 0 Å². The van der Waals surface area contributed by atoms with Gasteiger partial charge in [0.1, 0.15) is 17.8 Å². The van der Waals surface area contributed by atoms with Gasteiger partial charge in [-0.1, -0.05) is 72.8 Å². The fourth-order valence-corrected chi connectivity index (χ4v) is 6.69. The minimum absolute atomic E-state index is 0.111. The van der Waals surface area contributed by atoms with Crippen LogP contribution in [0.15, 0.2) is 103 Å². The van der Waals surface area contributed by atoms with Crippen molar-refractivity contribution in [2.75, 3.05) is 12.0 Å². The van der Waals surface area contributed by atoms with Crippen LogP contribution in [-0.2, 0) is 17.6 Å². The van der Waals surface area contributed by atoms with Crippen LogP contribution in [0.5, 0.6) is 5.75 Å². The Morgan fingerprint density at radius 1 is 0.933 bits per heavy atom. The number of hydrogen-bond donors (Lipinski definition) is 2. The van der Waals surface area contributed by atoms with E-state index in [4.69, 9.17) is 4.74 Å². The first kappa shape index (κ1) is 28.4. The Morgan fingerprint density at radius 3 is 2.42 bits per heavy atom. The third-order valence-corrected chi connectivity index (χ3v) is 8.96. The third-order valence-electron chi connectivity index (χ3n) is 8.96. The zero-order chi connectivity index (χ0) is 31.1. The van der Waals surface area contributed by atoms with Gasteiger partial charge in [0.05, 0.1) is 18.4 Å². The highest BCUT2D eigenvalue weighted by atomic mass is 16.5. The van der Waals surface area contributed by atoms with Crippen LogP contribution in [0.3, 0.4) is 0 Å². The maximum atomic E-state index is 14.4. The van der Waals surface area contributed by atoms with Crippen LogP contribution < -0.4 is 15.0 Å². The van der Waals surface area contributed by atoms with E-state index in [9.17, 15) is 14.4 Å². The number of nitrogens with one attached hydrogen (secondary N) is 2. The van der Waals surface area contributed by atoms with E-state index in [0.717, 1.165) is 40.6 Å². The van der Waals surface area contributed by atoms with Gasteiger partial charge in [-0.25, -0.2) is 9.69 Å². The number of urea groups is 1. The van der Waals surface area contributed by atoms with E-state index in [1.807, 2.05) is 73.7 Å². The summed E-state index contributed by atoms with van der Waals surface area (Å²) in [5.74, 6) is 0.0396. The molecule has 7 rings (SSSR count). The van der Waals surface area contributed by atoms with Crippen LogP contribution in [0.1, 0.15) is 52.1 Å². The summed E-state index contributed by atoms with van der Waals surface area (Å²) in [5.41, 5.74) is 5.50. The van der Waals surface area contributed by atoms with E-state index in [1.165, 1.54) is 10.5 Å². The highest BCUT2D eigenvalue weighted by molar-refractivity contribution is 6.24. The summed E-state index contributed by atoms with van der Waals surface area (Å²) in [6.07, 6.45) is 1.95. The Labute approximate surface area is 261 Å². The molecule has 4 aromatic carbocycles. The number of rotatable bonds is 8. The maximum Gasteiger partial charge on any atom is 0.332 e. The molecule has 2 aliphatic heterocycles. The second kappa shape index (κ2) is 11.6. The molecule has 3 atom stereocenters. The summed E-state index contributed by atoms with van der Waals surface area (Å²) >= 11 is 0. The van der Waals surface area contributed by atoms with Crippen LogP contribution in [-0.4, -0.2) is 46.9 Å². The van der Waals surface area contributed by atoms with Gasteiger partial charge in [0.2, 0.25) is 0 Å². The number of aromatic amines is 1. The highest BCUT2D eigenvalue weighted by Gasteiger charge is 2.53.